The van der Waals surface area contributed by atoms with Crippen molar-refractivity contribution in [3.8, 4) is 22.8 Å². The van der Waals surface area contributed by atoms with E-state index < -0.39 is 0 Å². The number of methoxy groups -OCH3 is 1. The third-order valence-electron chi connectivity index (χ3n) is 5.14. The summed E-state index contributed by atoms with van der Waals surface area (Å²) < 4.78 is 20.3. The Hall–Kier alpha value is -3.36. The van der Waals surface area contributed by atoms with Crippen LogP contribution < -0.4 is 4.74 Å². The summed E-state index contributed by atoms with van der Waals surface area (Å²) in [6, 6.07) is 21.2. The van der Waals surface area contributed by atoms with E-state index in [0.717, 1.165) is 16.8 Å². The van der Waals surface area contributed by atoms with Crippen molar-refractivity contribution in [2.75, 3.05) is 19.9 Å². The molecule has 0 bridgehead atoms. The van der Waals surface area contributed by atoms with Crippen LogP contribution in [0.5, 0.6) is 5.75 Å². The van der Waals surface area contributed by atoms with Crippen LogP contribution in [0.4, 0.5) is 4.39 Å². The Bertz CT molecular complexity index is 1280. The summed E-state index contributed by atoms with van der Waals surface area (Å²) in [7, 11) is 3.28. The second kappa shape index (κ2) is 10.7. The first kappa shape index (κ1) is 23.8. The van der Waals surface area contributed by atoms with Crippen molar-refractivity contribution in [3.63, 3.8) is 0 Å². The Morgan fingerprint density at radius 1 is 1.09 bits per heavy atom. The van der Waals surface area contributed by atoms with Gasteiger partial charge in [0.2, 0.25) is 5.91 Å². The van der Waals surface area contributed by atoms with E-state index in [1.54, 1.807) is 43.3 Å². The quantitative estimate of drug-likeness (QED) is 0.302. The van der Waals surface area contributed by atoms with E-state index in [2.05, 4.69) is 10.2 Å². The fourth-order valence-corrected chi connectivity index (χ4v) is 4.50. The zero-order chi connectivity index (χ0) is 24.1. The van der Waals surface area contributed by atoms with Gasteiger partial charge in [0, 0.05) is 19.2 Å². The number of hydrogen-bond donors (Lipinski definition) is 0. The van der Waals surface area contributed by atoms with E-state index in [9.17, 15) is 9.18 Å². The van der Waals surface area contributed by atoms with Gasteiger partial charge in [-0.3, -0.25) is 9.36 Å². The molecule has 4 aromatic rings. The highest BCUT2D eigenvalue weighted by molar-refractivity contribution is 7.99. The van der Waals surface area contributed by atoms with Crippen molar-refractivity contribution < 1.29 is 13.9 Å². The second-order valence-electron chi connectivity index (χ2n) is 7.49. The summed E-state index contributed by atoms with van der Waals surface area (Å²) in [5.41, 5.74) is 2.49. The average Bonchev–Trinajstić information content (AvgIpc) is 3.28. The maximum atomic E-state index is 13.1. The molecule has 34 heavy (non-hydrogen) atoms. The molecular weight excluding hydrogens is 475 g/mol. The SMILES string of the molecule is COc1ccc(-n2c(SCC(=O)N(C)Cc3ccc(F)cc3)nnc2-c2ccccc2)cc1Cl. The lowest BCUT2D eigenvalue weighted by molar-refractivity contribution is -0.127. The van der Waals surface area contributed by atoms with Crippen LogP contribution in [0.1, 0.15) is 5.56 Å². The maximum absolute atomic E-state index is 13.1. The van der Waals surface area contributed by atoms with Crippen LogP contribution >= 0.6 is 23.4 Å². The predicted molar refractivity (Wildman–Crippen MR) is 132 cm³/mol. The molecule has 1 amide bonds. The fourth-order valence-electron chi connectivity index (χ4n) is 3.35. The van der Waals surface area contributed by atoms with Crippen molar-refractivity contribution in [3.05, 3.63) is 89.2 Å². The average molecular weight is 497 g/mol. The number of hydrogen-bond acceptors (Lipinski definition) is 5. The highest BCUT2D eigenvalue weighted by atomic mass is 35.5. The highest BCUT2D eigenvalue weighted by Crippen LogP contribution is 2.32. The fraction of sp³-hybridized carbons (Fsp3) is 0.160. The Morgan fingerprint density at radius 3 is 2.50 bits per heavy atom. The molecule has 3 aromatic carbocycles. The lowest BCUT2D eigenvalue weighted by Gasteiger charge is -2.17. The molecule has 0 atom stereocenters. The molecule has 0 N–H and O–H groups in total. The van der Waals surface area contributed by atoms with Gasteiger partial charge in [0.1, 0.15) is 11.6 Å². The summed E-state index contributed by atoms with van der Waals surface area (Å²) in [5, 5.41) is 9.76. The largest absolute Gasteiger partial charge is 0.495 e. The third-order valence-corrected chi connectivity index (χ3v) is 6.35. The van der Waals surface area contributed by atoms with Gasteiger partial charge in [-0.1, -0.05) is 65.8 Å². The van der Waals surface area contributed by atoms with Gasteiger partial charge < -0.3 is 9.64 Å². The minimum atomic E-state index is -0.305. The van der Waals surface area contributed by atoms with Gasteiger partial charge in [0.05, 0.1) is 23.6 Å². The van der Waals surface area contributed by atoms with Crippen LogP contribution in [0, 0.1) is 5.82 Å². The van der Waals surface area contributed by atoms with Crippen molar-refractivity contribution in [2.24, 2.45) is 0 Å². The zero-order valence-electron chi connectivity index (χ0n) is 18.6. The number of rotatable bonds is 8. The molecule has 6 nitrogen and oxygen atoms in total. The van der Waals surface area contributed by atoms with Gasteiger partial charge in [-0.25, -0.2) is 4.39 Å². The van der Waals surface area contributed by atoms with Crippen molar-refractivity contribution >= 4 is 29.3 Å². The van der Waals surface area contributed by atoms with E-state index in [1.165, 1.54) is 23.9 Å². The lowest BCUT2D eigenvalue weighted by atomic mass is 10.2. The third kappa shape index (κ3) is 5.40. The van der Waals surface area contributed by atoms with Crippen LogP contribution in [0.25, 0.3) is 17.1 Å². The minimum Gasteiger partial charge on any atom is -0.495 e. The number of ether oxygens (including phenoxy) is 1. The molecule has 0 radical (unpaired) electrons. The summed E-state index contributed by atoms with van der Waals surface area (Å²) in [6.07, 6.45) is 0. The highest BCUT2D eigenvalue weighted by Gasteiger charge is 2.19. The van der Waals surface area contributed by atoms with Gasteiger partial charge in [-0.05, 0) is 35.9 Å². The summed E-state index contributed by atoms with van der Waals surface area (Å²) in [6.45, 7) is 0.385. The molecule has 9 heteroatoms. The molecule has 0 spiro atoms. The number of amides is 1. The van der Waals surface area contributed by atoms with Crippen molar-refractivity contribution in [1.82, 2.24) is 19.7 Å². The van der Waals surface area contributed by atoms with Crippen LogP contribution in [-0.4, -0.2) is 45.5 Å². The van der Waals surface area contributed by atoms with Crippen LogP contribution in [-0.2, 0) is 11.3 Å². The Morgan fingerprint density at radius 2 is 1.82 bits per heavy atom. The molecular formula is C25H22ClFN4O2S. The van der Waals surface area contributed by atoms with Crippen LogP contribution in [0.2, 0.25) is 5.02 Å². The lowest BCUT2D eigenvalue weighted by Crippen LogP contribution is -2.27. The molecule has 0 saturated heterocycles. The van der Waals surface area contributed by atoms with E-state index in [4.69, 9.17) is 16.3 Å². The monoisotopic (exact) mass is 496 g/mol. The summed E-state index contributed by atoms with van der Waals surface area (Å²) in [5.74, 6) is 0.968. The molecule has 174 valence electrons. The first-order chi connectivity index (χ1) is 16.5. The Kier molecular flexibility index (Phi) is 7.49. The predicted octanol–water partition coefficient (Wildman–Crippen LogP) is 5.49. The summed E-state index contributed by atoms with van der Waals surface area (Å²) in [4.78, 5) is 14.4. The molecule has 1 heterocycles. The van der Waals surface area contributed by atoms with E-state index in [0.29, 0.717) is 28.3 Å². The van der Waals surface area contributed by atoms with Crippen LogP contribution in [0.15, 0.2) is 78.0 Å². The number of carbonyl (C=O) groups is 1. The van der Waals surface area contributed by atoms with Gasteiger partial charge in [0.25, 0.3) is 0 Å². The number of halogens is 2. The van der Waals surface area contributed by atoms with Crippen molar-refractivity contribution in [1.29, 1.82) is 0 Å². The van der Waals surface area contributed by atoms with Crippen molar-refractivity contribution in [2.45, 2.75) is 11.7 Å². The Labute approximate surface area is 206 Å². The first-order valence-corrected chi connectivity index (χ1v) is 11.8. The molecule has 0 unspecified atom stereocenters. The Balaban J connectivity index is 1.58. The molecule has 0 aliphatic rings. The molecule has 1 aromatic heterocycles. The molecule has 0 aliphatic carbocycles. The maximum Gasteiger partial charge on any atom is 0.233 e. The van der Waals surface area contributed by atoms with E-state index >= 15 is 0 Å². The first-order valence-electron chi connectivity index (χ1n) is 10.4. The number of nitrogens with zero attached hydrogens (tertiary/aromatic N) is 4. The van der Waals surface area contributed by atoms with Gasteiger partial charge >= 0.3 is 0 Å². The molecule has 0 fully saturated rings. The zero-order valence-corrected chi connectivity index (χ0v) is 20.2. The number of thioether (sulfide) groups is 1. The topological polar surface area (TPSA) is 60.2 Å². The van der Waals surface area contributed by atoms with E-state index in [-0.39, 0.29) is 17.5 Å². The normalized spacial score (nSPS) is 10.8. The van der Waals surface area contributed by atoms with Gasteiger partial charge in [0.15, 0.2) is 11.0 Å². The summed E-state index contributed by atoms with van der Waals surface area (Å²) >= 11 is 7.67. The smallest absolute Gasteiger partial charge is 0.233 e. The number of carbonyl (C=O) groups excluding carboxylic acids is 1. The second-order valence-corrected chi connectivity index (χ2v) is 8.84. The number of benzene rings is 3. The molecule has 4 rings (SSSR count). The van der Waals surface area contributed by atoms with E-state index in [1.807, 2.05) is 41.0 Å². The molecule has 0 aliphatic heterocycles. The molecule has 0 saturated carbocycles. The van der Waals surface area contributed by atoms with Gasteiger partial charge in [-0.15, -0.1) is 10.2 Å². The standard InChI is InChI=1S/C25H22ClFN4O2S/c1-30(15-17-8-10-19(27)11-9-17)23(32)16-34-25-29-28-24(18-6-4-3-5-7-18)31(25)20-12-13-22(33-2)21(26)14-20/h3-14H,15-16H2,1-2H3. The van der Waals surface area contributed by atoms with Gasteiger partial charge in [-0.2, -0.15) is 0 Å². The minimum absolute atomic E-state index is 0.0853. The van der Waals surface area contributed by atoms with Crippen LogP contribution in [0.3, 0.4) is 0 Å². The number of aromatic nitrogens is 3.